The highest BCUT2D eigenvalue weighted by Gasteiger charge is 2.32. The van der Waals surface area contributed by atoms with Crippen LogP contribution >= 0.6 is 34.8 Å². The van der Waals surface area contributed by atoms with E-state index in [4.69, 9.17) is 39.5 Å². The zero-order valence-corrected chi connectivity index (χ0v) is 18.1. The van der Waals surface area contributed by atoms with E-state index in [0.717, 1.165) is 17.3 Å². The van der Waals surface area contributed by atoms with Crippen molar-refractivity contribution in [3.8, 4) is 0 Å². The normalized spacial score (nSPS) is 19.2. The third-order valence-electron chi connectivity index (χ3n) is 5.19. The molecule has 0 radical (unpaired) electrons. The van der Waals surface area contributed by atoms with E-state index in [0.29, 0.717) is 40.2 Å². The van der Waals surface area contributed by atoms with Crippen molar-refractivity contribution in [2.75, 3.05) is 18.1 Å². The molecule has 7 heteroatoms. The maximum atomic E-state index is 13.6. The summed E-state index contributed by atoms with van der Waals surface area (Å²) in [7, 11) is 0. The number of anilines is 1. The van der Waals surface area contributed by atoms with Crippen LogP contribution in [0.1, 0.15) is 17.2 Å². The van der Waals surface area contributed by atoms with Crippen LogP contribution in [0, 0.1) is 11.6 Å². The van der Waals surface area contributed by atoms with Gasteiger partial charge in [0, 0.05) is 33.7 Å². The molecule has 156 valence electrons. The molecule has 1 aliphatic heterocycles. The van der Waals surface area contributed by atoms with Crippen molar-refractivity contribution >= 4 is 40.5 Å². The summed E-state index contributed by atoms with van der Waals surface area (Å²) in [5.74, 6) is -1.72. The summed E-state index contributed by atoms with van der Waals surface area (Å²) in [4.78, 5) is 2.19. The Labute approximate surface area is 188 Å². The maximum absolute atomic E-state index is 13.6. The van der Waals surface area contributed by atoms with Crippen molar-refractivity contribution in [2.24, 2.45) is 0 Å². The van der Waals surface area contributed by atoms with Gasteiger partial charge in [0.2, 0.25) is 0 Å². The second-order valence-corrected chi connectivity index (χ2v) is 8.50. The Hall–Kier alpha value is -1.85. The Balaban J connectivity index is 1.62. The summed E-state index contributed by atoms with van der Waals surface area (Å²) < 4.78 is 33.0. The lowest BCUT2D eigenvalue weighted by Gasteiger charge is -2.42. The van der Waals surface area contributed by atoms with Gasteiger partial charge in [-0.15, -0.1) is 0 Å². The minimum absolute atomic E-state index is 0.128. The first-order valence-corrected chi connectivity index (χ1v) is 10.6. The molecule has 0 spiro atoms. The number of nitrogens with zero attached hydrogens (tertiary/aromatic N) is 1. The third kappa shape index (κ3) is 4.73. The highest BCUT2D eigenvalue weighted by Crippen LogP contribution is 2.36. The molecule has 1 aliphatic rings. The summed E-state index contributed by atoms with van der Waals surface area (Å²) in [6, 6.07) is 16.8. The minimum atomic E-state index is -0.858. The molecular formula is C23H18Cl3F2NO. The van der Waals surface area contributed by atoms with Crippen LogP contribution in [0.5, 0.6) is 0 Å². The van der Waals surface area contributed by atoms with Crippen LogP contribution in [0.3, 0.4) is 0 Å². The number of hydrogen-bond donors (Lipinski definition) is 0. The van der Waals surface area contributed by atoms with Gasteiger partial charge in [-0.3, -0.25) is 0 Å². The Morgan fingerprint density at radius 2 is 1.60 bits per heavy atom. The van der Waals surface area contributed by atoms with E-state index in [9.17, 15) is 8.78 Å². The van der Waals surface area contributed by atoms with Crippen molar-refractivity contribution in [3.63, 3.8) is 0 Å². The molecule has 1 fully saturated rings. The van der Waals surface area contributed by atoms with E-state index >= 15 is 0 Å². The van der Waals surface area contributed by atoms with Gasteiger partial charge in [0.1, 0.15) is 0 Å². The van der Waals surface area contributed by atoms with E-state index in [1.165, 1.54) is 6.07 Å². The summed E-state index contributed by atoms with van der Waals surface area (Å²) in [6.07, 6.45) is 0.260. The molecule has 0 saturated carbocycles. The molecule has 0 bridgehead atoms. The minimum Gasteiger partial charge on any atom is -0.374 e. The van der Waals surface area contributed by atoms with E-state index in [1.807, 2.05) is 30.3 Å². The predicted molar refractivity (Wildman–Crippen MR) is 118 cm³/mol. The van der Waals surface area contributed by atoms with Crippen LogP contribution in [0.2, 0.25) is 15.1 Å². The van der Waals surface area contributed by atoms with Crippen LogP contribution < -0.4 is 4.90 Å². The average Bonchev–Trinajstić information content (AvgIpc) is 2.72. The van der Waals surface area contributed by atoms with Crippen molar-refractivity contribution in [2.45, 2.75) is 18.6 Å². The molecule has 3 aromatic carbocycles. The zero-order valence-electron chi connectivity index (χ0n) is 15.8. The molecule has 0 N–H and O–H groups in total. The fourth-order valence-corrected chi connectivity index (χ4v) is 4.38. The Kier molecular flexibility index (Phi) is 6.49. The predicted octanol–water partition coefficient (Wildman–Crippen LogP) is 7.11. The number of halogens is 5. The van der Waals surface area contributed by atoms with Gasteiger partial charge in [0.25, 0.3) is 0 Å². The highest BCUT2D eigenvalue weighted by molar-refractivity contribution is 6.35. The van der Waals surface area contributed by atoms with Crippen LogP contribution in [0.15, 0.2) is 60.7 Å². The topological polar surface area (TPSA) is 12.5 Å². The van der Waals surface area contributed by atoms with Gasteiger partial charge >= 0.3 is 0 Å². The van der Waals surface area contributed by atoms with Gasteiger partial charge in [-0.1, -0.05) is 46.9 Å². The first-order chi connectivity index (χ1) is 14.4. The Morgan fingerprint density at radius 3 is 2.30 bits per heavy atom. The number of hydrogen-bond acceptors (Lipinski definition) is 2. The fourth-order valence-electron chi connectivity index (χ4n) is 3.72. The summed E-state index contributed by atoms with van der Waals surface area (Å²) >= 11 is 18.6. The van der Waals surface area contributed by atoms with Crippen LogP contribution in [-0.4, -0.2) is 19.3 Å². The lowest BCUT2D eigenvalue weighted by molar-refractivity contribution is 0.0192. The van der Waals surface area contributed by atoms with Gasteiger partial charge in [-0.2, -0.15) is 0 Å². The van der Waals surface area contributed by atoms with Crippen LogP contribution in [0.25, 0.3) is 0 Å². The second kappa shape index (κ2) is 9.11. The molecule has 30 heavy (non-hydrogen) atoms. The lowest BCUT2D eigenvalue weighted by Crippen LogP contribution is -2.45. The van der Waals surface area contributed by atoms with Crippen LogP contribution in [-0.2, 0) is 11.2 Å². The molecule has 2 unspecified atom stereocenters. The van der Waals surface area contributed by atoms with Crippen molar-refractivity contribution in [3.05, 3.63) is 98.5 Å². The largest absolute Gasteiger partial charge is 0.374 e. The molecule has 0 amide bonds. The van der Waals surface area contributed by atoms with Gasteiger partial charge in [0.05, 0.1) is 18.8 Å². The Bertz CT molecular complexity index is 1050. The number of morpholine rings is 1. The maximum Gasteiger partial charge on any atom is 0.159 e. The average molecular weight is 469 g/mol. The molecular weight excluding hydrogens is 451 g/mol. The van der Waals surface area contributed by atoms with Gasteiger partial charge in [-0.25, -0.2) is 8.78 Å². The van der Waals surface area contributed by atoms with Gasteiger partial charge in [0.15, 0.2) is 11.6 Å². The van der Waals surface area contributed by atoms with E-state index in [2.05, 4.69) is 4.90 Å². The molecule has 1 saturated heterocycles. The second-order valence-electron chi connectivity index (χ2n) is 7.22. The van der Waals surface area contributed by atoms with E-state index < -0.39 is 11.6 Å². The number of ether oxygens (including phenoxy) is 1. The first kappa shape index (κ1) is 21.4. The third-order valence-corrected chi connectivity index (χ3v) is 6.01. The van der Waals surface area contributed by atoms with E-state index in [-0.39, 0.29) is 12.1 Å². The molecule has 0 aliphatic carbocycles. The molecule has 4 rings (SSSR count). The molecule has 0 aromatic heterocycles. The highest BCUT2D eigenvalue weighted by atomic mass is 35.5. The van der Waals surface area contributed by atoms with Crippen molar-refractivity contribution < 1.29 is 13.5 Å². The van der Waals surface area contributed by atoms with E-state index in [1.54, 1.807) is 18.2 Å². The number of rotatable bonds is 4. The van der Waals surface area contributed by atoms with Crippen molar-refractivity contribution in [1.29, 1.82) is 0 Å². The zero-order chi connectivity index (χ0) is 21.3. The molecule has 2 nitrogen and oxygen atoms in total. The Morgan fingerprint density at radius 1 is 0.867 bits per heavy atom. The molecule has 2 atom stereocenters. The quantitative estimate of drug-likeness (QED) is 0.404. The SMILES string of the molecule is Fc1ccc(CC2CN(c3ccc(Cl)cc3)C(c3ccc(Cl)cc3Cl)CO2)cc1F. The summed E-state index contributed by atoms with van der Waals surface area (Å²) in [6.45, 7) is 0.933. The lowest BCUT2D eigenvalue weighted by atomic mass is 9.99. The standard InChI is InChI=1S/C23H18Cl3F2NO/c24-15-2-5-17(6-3-15)29-12-18(9-14-1-8-21(27)22(28)10-14)30-13-23(29)19-7-4-16(25)11-20(19)26/h1-8,10-11,18,23H,9,12-13H2. The number of benzene rings is 3. The fraction of sp³-hybridized carbons (Fsp3) is 0.217. The smallest absolute Gasteiger partial charge is 0.159 e. The molecule has 3 aromatic rings. The van der Waals surface area contributed by atoms with Gasteiger partial charge in [-0.05, 0) is 59.7 Å². The molecule has 1 heterocycles. The van der Waals surface area contributed by atoms with Crippen molar-refractivity contribution in [1.82, 2.24) is 0 Å². The van der Waals surface area contributed by atoms with Crippen LogP contribution in [0.4, 0.5) is 14.5 Å². The summed E-state index contributed by atoms with van der Waals surface area (Å²) in [5.41, 5.74) is 2.55. The summed E-state index contributed by atoms with van der Waals surface area (Å²) in [5, 5.41) is 1.77. The monoisotopic (exact) mass is 467 g/mol. The van der Waals surface area contributed by atoms with Gasteiger partial charge < -0.3 is 9.64 Å². The first-order valence-electron chi connectivity index (χ1n) is 9.43.